The van der Waals surface area contributed by atoms with E-state index >= 15 is 8.78 Å². The van der Waals surface area contributed by atoms with Gasteiger partial charge < -0.3 is 0 Å². The monoisotopic (exact) mass is 820 g/mol. The van der Waals surface area contributed by atoms with Crippen molar-refractivity contribution < 1.29 is 8.78 Å². The molecule has 0 bridgehead atoms. The van der Waals surface area contributed by atoms with E-state index in [2.05, 4.69) is 131 Å². The lowest BCUT2D eigenvalue weighted by atomic mass is 9.80. The first kappa shape index (κ1) is 35.1. The van der Waals surface area contributed by atoms with Crippen LogP contribution in [0.25, 0.3) is 152 Å². The summed E-state index contributed by atoms with van der Waals surface area (Å²) in [6.45, 7) is 9.38. The Kier molecular flexibility index (Phi) is 6.46. The summed E-state index contributed by atoms with van der Waals surface area (Å²) in [7, 11) is 0. The van der Waals surface area contributed by atoms with Crippen molar-refractivity contribution in [3.63, 3.8) is 0 Å². The highest BCUT2D eigenvalue weighted by Crippen LogP contribution is 2.60. The predicted molar refractivity (Wildman–Crippen MR) is 271 cm³/mol. The molecule has 300 valence electrons. The third-order valence-electron chi connectivity index (χ3n) is 15.4. The standard InChI is InChI=1S/C62H38F2/c1-29(2)49-34-13-7-8-14-35(34)50(30(3)4)59-43-24-20-37-39-22-26-45-56-44(25-21-38(53(39)56)36-19-23-42(58(49)59)55(43)52(36)37)60-54(41-15-9-10-16-48(41)64)47-27-31-11-5-6-12-33(31)51-46-28-32(63)17-18-40(46)57(61(45)60)62(47)51/h5-30H,1-4H3. The van der Waals surface area contributed by atoms with Crippen LogP contribution in [-0.2, 0) is 0 Å². The average Bonchev–Trinajstić information content (AvgIpc) is 3.94. The lowest BCUT2D eigenvalue weighted by Crippen LogP contribution is -2.01. The number of benzene rings is 12. The van der Waals surface area contributed by atoms with Gasteiger partial charge in [0.15, 0.2) is 0 Å². The molecule has 0 spiro atoms. The first-order valence-electron chi connectivity index (χ1n) is 22.7. The second-order valence-corrected chi connectivity index (χ2v) is 19.1. The van der Waals surface area contributed by atoms with Crippen molar-refractivity contribution in [2.45, 2.75) is 39.5 Å². The van der Waals surface area contributed by atoms with Crippen molar-refractivity contribution in [3.05, 3.63) is 168 Å². The number of hydrogen-bond acceptors (Lipinski definition) is 0. The quantitative estimate of drug-likeness (QED) is 0.123. The Labute approximate surface area is 366 Å². The fourth-order valence-electron chi connectivity index (χ4n) is 13.3. The molecule has 0 aromatic heterocycles. The molecular weight excluding hydrogens is 783 g/mol. The molecule has 1 aliphatic rings. The molecule has 0 aliphatic heterocycles. The van der Waals surface area contributed by atoms with Gasteiger partial charge in [-0.1, -0.05) is 149 Å². The molecule has 1 aliphatic carbocycles. The molecule has 0 unspecified atom stereocenters. The molecule has 0 heterocycles. The maximum absolute atomic E-state index is 16.6. The molecule has 0 N–H and O–H groups in total. The molecule has 0 amide bonds. The summed E-state index contributed by atoms with van der Waals surface area (Å²) in [6.07, 6.45) is 0. The van der Waals surface area contributed by atoms with Gasteiger partial charge in [-0.25, -0.2) is 8.78 Å². The Hall–Kier alpha value is -7.42. The third kappa shape index (κ3) is 3.97. The van der Waals surface area contributed by atoms with Crippen LogP contribution < -0.4 is 0 Å². The lowest BCUT2D eigenvalue weighted by Gasteiger charge is -2.23. The molecule has 0 saturated heterocycles. The van der Waals surface area contributed by atoms with Crippen LogP contribution in [0.1, 0.15) is 50.7 Å². The highest BCUT2D eigenvalue weighted by molar-refractivity contribution is 6.52. The average molecular weight is 821 g/mol. The SMILES string of the molecule is CC(C)c1c2c(c(C(C)C)c3ccccc13)-c1ccc3c4ccc5c6c(ccc(c7ccc-2c1c73)c46)c1c(-c2ccccc2F)c2cc3ccccc3c3c4cc(F)ccc4c(c51)c23. The second kappa shape index (κ2) is 11.8. The van der Waals surface area contributed by atoms with E-state index in [9.17, 15) is 0 Å². The van der Waals surface area contributed by atoms with Crippen molar-refractivity contribution in [2.24, 2.45) is 0 Å². The van der Waals surface area contributed by atoms with E-state index in [1.807, 2.05) is 18.2 Å². The van der Waals surface area contributed by atoms with Gasteiger partial charge in [-0.15, -0.1) is 0 Å². The summed E-state index contributed by atoms with van der Waals surface area (Å²) < 4.78 is 32.0. The molecule has 14 aromatic rings. The Morgan fingerprint density at radius 3 is 1.39 bits per heavy atom. The summed E-state index contributed by atoms with van der Waals surface area (Å²) in [5.41, 5.74) is 9.84. The summed E-state index contributed by atoms with van der Waals surface area (Å²) in [5.74, 6) is 0.173. The minimum Gasteiger partial charge on any atom is -0.207 e. The zero-order chi connectivity index (χ0) is 42.6. The van der Waals surface area contributed by atoms with Gasteiger partial charge in [-0.2, -0.15) is 0 Å². The summed E-state index contributed by atoms with van der Waals surface area (Å²) >= 11 is 0. The Morgan fingerprint density at radius 2 is 0.750 bits per heavy atom. The molecule has 14 aromatic carbocycles. The fraction of sp³-hybridized carbons (Fsp3) is 0.0968. The minimum atomic E-state index is -0.263. The van der Waals surface area contributed by atoms with Crippen molar-refractivity contribution in [3.8, 4) is 33.4 Å². The van der Waals surface area contributed by atoms with Gasteiger partial charge in [-0.05, 0) is 188 Å². The Morgan fingerprint density at radius 1 is 0.297 bits per heavy atom. The van der Waals surface area contributed by atoms with Crippen LogP contribution in [0.2, 0.25) is 0 Å². The molecule has 0 radical (unpaired) electrons. The van der Waals surface area contributed by atoms with Gasteiger partial charge in [0.2, 0.25) is 0 Å². The van der Waals surface area contributed by atoms with Gasteiger partial charge in [0.25, 0.3) is 0 Å². The molecule has 0 saturated carbocycles. The van der Waals surface area contributed by atoms with Crippen LogP contribution in [-0.4, -0.2) is 0 Å². The first-order valence-corrected chi connectivity index (χ1v) is 22.7. The number of halogens is 2. The second-order valence-electron chi connectivity index (χ2n) is 19.1. The molecule has 0 atom stereocenters. The number of rotatable bonds is 3. The van der Waals surface area contributed by atoms with Crippen LogP contribution in [0.3, 0.4) is 0 Å². The Bertz CT molecular complexity index is 4320. The van der Waals surface area contributed by atoms with E-state index in [-0.39, 0.29) is 11.6 Å². The molecule has 15 rings (SSSR count). The van der Waals surface area contributed by atoms with Gasteiger partial charge in [0, 0.05) is 11.1 Å². The van der Waals surface area contributed by atoms with Gasteiger partial charge in [-0.3, -0.25) is 0 Å². The summed E-state index contributed by atoms with van der Waals surface area (Å²) in [4.78, 5) is 0. The van der Waals surface area contributed by atoms with Gasteiger partial charge in [0.05, 0.1) is 0 Å². The zero-order valence-electron chi connectivity index (χ0n) is 35.8. The van der Waals surface area contributed by atoms with Gasteiger partial charge in [0.1, 0.15) is 11.6 Å². The van der Waals surface area contributed by atoms with Crippen LogP contribution in [0, 0.1) is 11.6 Å². The van der Waals surface area contributed by atoms with Crippen LogP contribution in [0.5, 0.6) is 0 Å². The number of fused-ring (bicyclic) bond motifs is 15. The highest BCUT2D eigenvalue weighted by atomic mass is 19.1. The normalized spacial score (nSPS) is 13.1. The summed E-state index contributed by atoms with van der Waals surface area (Å²) in [5, 5.41) is 25.5. The van der Waals surface area contributed by atoms with E-state index in [4.69, 9.17) is 0 Å². The molecule has 64 heavy (non-hydrogen) atoms. The summed E-state index contributed by atoms with van der Waals surface area (Å²) in [6, 6.07) is 51.1. The lowest BCUT2D eigenvalue weighted by molar-refractivity contribution is 0.630. The maximum atomic E-state index is 16.6. The fourth-order valence-corrected chi connectivity index (χ4v) is 13.3. The van der Waals surface area contributed by atoms with E-state index in [0.29, 0.717) is 17.4 Å². The largest absolute Gasteiger partial charge is 0.207 e. The van der Waals surface area contributed by atoms with Crippen molar-refractivity contribution in [2.75, 3.05) is 0 Å². The first-order chi connectivity index (χ1) is 31.3. The molecule has 2 heteroatoms. The third-order valence-corrected chi connectivity index (χ3v) is 15.4. The van der Waals surface area contributed by atoms with E-state index < -0.39 is 0 Å². The zero-order valence-corrected chi connectivity index (χ0v) is 35.8. The predicted octanol–water partition coefficient (Wildman–Crippen LogP) is 18.5. The van der Waals surface area contributed by atoms with Crippen LogP contribution in [0.4, 0.5) is 8.78 Å². The molecular formula is C62H38F2. The maximum Gasteiger partial charge on any atom is 0.131 e. The molecule has 0 nitrogen and oxygen atoms in total. The van der Waals surface area contributed by atoms with Crippen molar-refractivity contribution in [1.29, 1.82) is 0 Å². The molecule has 0 fully saturated rings. The smallest absolute Gasteiger partial charge is 0.131 e. The minimum absolute atomic E-state index is 0.255. The highest BCUT2D eigenvalue weighted by Gasteiger charge is 2.34. The Balaban J connectivity index is 1.16. The van der Waals surface area contributed by atoms with E-state index in [1.165, 1.54) is 87.2 Å². The van der Waals surface area contributed by atoms with Crippen LogP contribution >= 0.6 is 0 Å². The van der Waals surface area contributed by atoms with Gasteiger partial charge >= 0.3 is 0 Å². The van der Waals surface area contributed by atoms with E-state index in [0.717, 1.165) is 70.2 Å². The van der Waals surface area contributed by atoms with E-state index in [1.54, 1.807) is 24.3 Å². The van der Waals surface area contributed by atoms with Crippen LogP contribution in [0.15, 0.2) is 146 Å². The topological polar surface area (TPSA) is 0 Å². The number of hydrogen-bond donors (Lipinski definition) is 0. The van der Waals surface area contributed by atoms with Crippen molar-refractivity contribution in [1.82, 2.24) is 0 Å². The van der Waals surface area contributed by atoms with Crippen molar-refractivity contribution >= 4 is 118 Å².